The Balaban J connectivity index is 1.34. The Hall–Kier alpha value is -4.14. The maximum Gasteiger partial charge on any atom is 0.246 e. The zero-order chi connectivity index (χ0) is 27.6. The van der Waals surface area contributed by atoms with Crippen LogP contribution in [0.4, 0.5) is 0 Å². The van der Waals surface area contributed by atoms with Crippen LogP contribution in [-0.4, -0.2) is 75.7 Å². The van der Waals surface area contributed by atoms with Crippen LogP contribution in [0.3, 0.4) is 0 Å². The number of H-pyrrole nitrogens is 1. The summed E-state index contributed by atoms with van der Waals surface area (Å²) in [7, 11) is 0. The van der Waals surface area contributed by atoms with Crippen molar-refractivity contribution in [3.63, 3.8) is 0 Å². The third-order valence-corrected chi connectivity index (χ3v) is 8.49. The number of nitrogens with zero attached hydrogens (tertiary/aromatic N) is 2. The second-order valence-electron chi connectivity index (χ2n) is 11.2. The van der Waals surface area contributed by atoms with E-state index < -0.39 is 24.2 Å². The Morgan fingerprint density at radius 2 is 1.45 bits per heavy atom. The van der Waals surface area contributed by atoms with E-state index in [1.165, 1.54) is 0 Å². The molecule has 9 nitrogen and oxygen atoms in total. The third-order valence-electron chi connectivity index (χ3n) is 8.49. The normalized spacial score (nSPS) is 26.0. The number of rotatable bonds is 4. The van der Waals surface area contributed by atoms with E-state index in [1.807, 2.05) is 60.8 Å². The standard InChI is InChI=1S/C31H35N5O4/c37-28-18-22(16-20-8-2-1-3-9-20)33-29(38)26-12-6-14-35(26)31(40)27-13-7-15-36(27)30(39)25(34-28)17-21-19-32-24-11-5-4-10-23(21)24/h1-5,8-11,19,22,25-27,32H,6-7,12-18H2,(H,33,38)(H,34,37)/t22-,25+,26+,27+/m1/s1. The number of hydrogen-bond donors (Lipinski definition) is 3. The van der Waals surface area contributed by atoms with Gasteiger partial charge in [0.1, 0.15) is 18.1 Å². The summed E-state index contributed by atoms with van der Waals surface area (Å²) in [5.41, 5.74) is 2.88. The van der Waals surface area contributed by atoms with Crippen molar-refractivity contribution >= 4 is 34.5 Å². The molecule has 0 radical (unpaired) electrons. The highest BCUT2D eigenvalue weighted by Crippen LogP contribution is 2.27. The number of benzene rings is 2. The number of aromatic nitrogens is 1. The number of fused-ring (bicyclic) bond motifs is 3. The highest BCUT2D eigenvalue weighted by atomic mass is 16.2. The second-order valence-corrected chi connectivity index (χ2v) is 11.2. The molecule has 3 saturated heterocycles. The molecule has 1 aromatic heterocycles. The summed E-state index contributed by atoms with van der Waals surface area (Å²) in [5, 5.41) is 7.08. The SMILES string of the molecule is O=C1C[C@@H](Cc2ccccc2)NC(=O)[C@@H]2CCCN2C(=O)[C@@H]2CCCN2C(=O)[C@H](Cc2c[nH]c3ccccc23)N1. The van der Waals surface area contributed by atoms with Crippen molar-refractivity contribution in [2.24, 2.45) is 0 Å². The van der Waals surface area contributed by atoms with Crippen LogP contribution in [0.2, 0.25) is 0 Å². The first-order valence-corrected chi connectivity index (χ1v) is 14.3. The van der Waals surface area contributed by atoms with E-state index in [4.69, 9.17) is 0 Å². The van der Waals surface area contributed by atoms with Gasteiger partial charge in [-0.2, -0.15) is 0 Å². The van der Waals surface area contributed by atoms with Crippen molar-refractivity contribution in [2.45, 2.75) is 69.1 Å². The van der Waals surface area contributed by atoms with Crippen LogP contribution in [0.15, 0.2) is 60.8 Å². The molecule has 4 amide bonds. The Labute approximate surface area is 233 Å². The Bertz CT molecular complexity index is 1420. The number of para-hydroxylation sites is 1. The molecule has 0 saturated carbocycles. The maximum atomic E-state index is 14.1. The molecule has 6 rings (SSSR count). The van der Waals surface area contributed by atoms with Gasteiger partial charge in [-0.1, -0.05) is 48.5 Å². The number of carbonyl (C=O) groups excluding carboxylic acids is 4. The van der Waals surface area contributed by atoms with E-state index in [-0.39, 0.29) is 30.0 Å². The molecule has 3 aromatic rings. The van der Waals surface area contributed by atoms with Crippen LogP contribution in [0.25, 0.3) is 10.9 Å². The van der Waals surface area contributed by atoms with E-state index in [2.05, 4.69) is 15.6 Å². The topological polar surface area (TPSA) is 115 Å². The fraction of sp³-hybridized carbons (Fsp3) is 0.419. The lowest BCUT2D eigenvalue weighted by molar-refractivity contribution is -0.147. The van der Waals surface area contributed by atoms with Gasteiger partial charge < -0.3 is 25.4 Å². The molecule has 4 atom stereocenters. The van der Waals surface area contributed by atoms with Gasteiger partial charge in [-0.15, -0.1) is 0 Å². The third kappa shape index (κ3) is 5.20. The van der Waals surface area contributed by atoms with Crippen molar-refractivity contribution in [1.82, 2.24) is 25.4 Å². The van der Waals surface area contributed by atoms with E-state index in [1.54, 1.807) is 9.80 Å². The van der Waals surface area contributed by atoms with Crippen LogP contribution in [0.5, 0.6) is 0 Å². The Kier molecular flexibility index (Phi) is 7.28. The quantitative estimate of drug-likeness (QED) is 0.470. The minimum Gasteiger partial charge on any atom is -0.361 e. The maximum absolute atomic E-state index is 14.1. The van der Waals surface area contributed by atoms with Crippen LogP contribution < -0.4 is 10.6 Å². The zero-order valence-electron chi connectivity index (χ0n) is 22.5. The van der Waals surface area contributed by atoms with E-state index >= 15 is 0 Å². The number of carbonyl (C=O) groups is 4. The first kappa shape index (κ1) is 26.1. The van der Waals surface area contributed by atoms with Gasteiger partial charge in [0.15, 0.2) is 0 Å². The molecule has 0 aliphatic carbocycles. The summed E-state index contributed by atoms with van der Waals surface area (Å²) in [4.78, 5) is 61.4. The van der Waals surface area contributed by atoms with E-state index in [0.29, 0.717) is 45.2 Å². The van der Waals surface area contributed by atoms with Gasteiger partial charge in [-0.25, -0.2) is 0 Å². The molecule has 0 bridgehead atoms. The highest BCUT2D eigenvalue weighted by molar-refractivity contribution is 5.96. The molecule has 9 heteroatoms. The van der Waals surface area contributed by atoms with Crippen LogP contribution in [0.1, 0.15) is 43.2 Å². The summed E-state index contributed by atoms with van der Waals surface area (Å²) in [6.07, 6.45) is 5.25. The summed E-state index contributed by atoms with van der Waals surface area (Å²) < 4.78 is 0. The predicted octanol–water partition coefficient (Wildman–Crippen LogP) is 2.31. The molecular weight excluding hydrogens is 506 g/mol. The van der Waals surface area contributed by atoms with Gasteiger partial charge in [-0.3, -0.25) is 19.2 Å². The fourth-order valence-electron chi connectivity index (χ4n) is 6.55. The van der Waals surface area contributed by atoms with Crippen molar-refractivity contribution in [1.29, 1.82) is 0 Å². The predicted molar refractivity (Wildman–Crippen MR) is 150 cm³/mol. The van der Waals surface area contributed by atoms with Gasteiger partial charge in [0, 0.05) is 49.1 Å². The fourth-order valence-corrected chi connectivity index (χ4v) is 6.55. The summed E-state index contributed by atoms with van der Waals surface area (Å²) >= 11 is 0. The second kappa shape index (κ2) is 11.2. The van der Waals surface area contributed by atoms with Gasteiger partial charge in [0.2, 0.25) is 23.6 Å². The highest BCUT2D eigenvalue weighted by Gasteiger charge is 2.44. The van der Waals surface area contributed by atoms with Crippen molar-refractivity contribution in [3.8, 4) is 0 Å². The zero-order valence-corrected chi connectivity index (χ0v) is 22.5. The monoisotopic (exact) mass is 541 g/mol. The number of aromatic amines is 1. The van der Waals surface area contributed by atoms with Crippen molar-refractivity contribution in [2.75, 3.05) is 13.1 Å². The van der Waals surface area contributed by atoms with Crippen molar-refractivity contribution < 1.29 is 19.2 Å². The summed E-state index contributed by atoms with van der Waals surface area (Å²) in [6.45, 7) is 0.950. The van der Waals surface area contributed by atoms with Crippen LogP contribution in [-0.2, 0) is 32.0 Å². The molecule has 40 heavy (non-hydrogen) atoms. The number of hydrogen-bond acceptors (Lipinski definition) is 4. The molecule has 3 fully saturated rings. The molecule has 0 unspecified atom stereocenters. The molecular formula is C31H35N5O4. The van der Waals surface area contributed by atoms with E-state index in [0.717, 1.165) is 28.5 Å². The molecule has 3 N–H and O–H groups in total. The van der Waals surface area contributed by atoms with Crippen molar-refractivity contribution in [3.05, 3.63) is 71.9 Å². The average molecular weight is 542 g/mol. The first-order valence-electron chi connectivity index (χ1n) is 14.3. The summed E-state index contributed by atoms with van der Waals surface area (Å²) in [6, 6.07) is 15.1. The average Bonchev–Trinajstić information content (AvgIpc) is 3.72. The van der Waals surface area contributed by atoms with E-state index in [9.17, 15) is 19.2 Å². The lowest BCUT2D eigenvalue weighted by Gasteiger charge is -2.32. The van der Waals surface area contributed by atoms with Crippen LogP contribution in [0, 0.1) is 0 Å². The minimum atomic E-state index is -0.830. The molecule has 0 spiro atoms. The summed E-state index contributed by atoms with van der Waals surface area (Å²) in [5.74, 6) is -0.947. The molecule has 3 aliphatic heterocycles. The van der Waals surface area contributed by atoms with Gasteiger partial charge in [0.25, 0.3) is 0 Å². The number of amides is 4. The molecule has 3 aliphatic rings. The molecule has 2 aromatic carbocycles. The Morgan fingerprint density at radius 3 is 2.25 bits per heavy atom. The van der Waals surface area contributed by atoms with Gasteiger partial charge in [-0.05, 0) is 49.3 Å². The number of nitrogens with one attached hydrogen (secondary N) is 3. The minimum absolute atomic E-state index is 0.0302. The van der Waals surface area contributed by atoms with Crippen LogP contribution >= 0.6 is 0 Å². The first-order chi connectivity index (χ1) is 19.5. The molecule has 4 heterocycles. The Morgan fingerprint density at radius 1 is 0.750 bits per heavy atom. The largest absolute Gasteiger partial charge is 0.361 e. The molecule has 208 valence electrons. The lowest BCUT2D eigenvalue weighted by Crippen LogP contribution is -2.56. The van der Waals surface area contributed by atoms with Gasteiger partial charge in [0.05, 0.1) is 0 Å². The smallest absolute Gasteiger partial charge is 0.246 e. The van der Waals surface area contributed by atoms with Gasteiger partial charge >= 0.3 is 0 Å². The lowest BCUT2D eigenvalue weighted by atomic mass is 10.0.